The third-order valence-electron chi connectivity index (χ3n) is 10.2. The van der Waals surface area contributed by atoms with E-state index in [1.807, 2.05) is 0 Å². The van der Waals surface area contributed by atoms with Crippen molar-refractivity contribution in [3.8, 4) is 33.4 Å². The monoisotopic (exact) mass is 606 g/mol. The second kappa shape index (κ2) is 10.7. The van der Waals surface area contributed by atoms with Gasteiger partial charge < -0.3 is 0 Å². The lowest BCUT2D eigenvalue weighted by molar-refractivity contribution is 1.67. The second-order valence-corrected chi connectivity index (χ2v) is 12.9. The van der Waals surface area contributed by atoms with Crippen molar-refractivity contribution in [2.75, 3.05) is 0 Å². The first-order valence-electron chi connectivity index (χ1n) is 16.7. The van der Waals surface area contributed by atoms with Crippen LogP contribution in [0.2, 0.25) is 0 Å². The molecule has 0 aromatic heterocycles. The highest BCUT2D eigenvalue weighted by atomic mass is 14.2. The molecule has 0 heterocycles. The summed E-state index contributed by atoms with van der Waals surface area (Å²) >= 11 is 0. The van der Waals surface area contributed by atoms with Crippen molar-refractivity contribution in [1.82, 2.24) is 0 Å². The van der Waals surface area contributed by atoms with Gasteiger partial charge in [-0.1, -0.05) is 152 Å². The molecule has 0 unspecified atom stereocenters. The van der Waals surface area contributed by atoms with Crippen LogP contribution in [0, 0.1) is 0 Å². The van der Waals surface area contributed by atoms with Gasteiger partial charge in [-0.3, -0.25) is 0 Å². The average Bonchev–Trinajstić information content (AvgIpc) is 3.16. The van der Waals surface area contributed by atoms with Crippen molar-refractivity contribution in [3.05, 3.63) is 182 Å². The van der Waals surface area contributed by atoms with Crippen LogP contribution in [-0.4, -0.2) is 0 Å². The fourth-order valence-corrected chi connectivity index (χ4v) is 7.84. The lowest BCUT2D eigenvalue weighted by atomic mass is 9.86. The van der Waals surface area contributed by atoms with E-state index in [0.29, 0.717) is 0 Å². The van der Waals surface area contributed by atoms with Gasteiger partial charge in [-0.05, 0) is 128 Å². The Labute approximate surface area is 279 Å². The van der Waals surface area contributed by atoms with Crippen molar-refractivity contribution in [2.45, 2.75) is 0 Å². The summed E-state index contributed by atoms with van der Waals surface area (Å²) in [6.07, 6.45) is 0. The smallest absolute Gasteiger partial charge is 0.00923 e. The van der Waals surface area contributed by atoms with Crippen molar-refractivity contribution in [3.63, 3.8) is 0 Å². The van der Waals surface area contributed by atoms with Crippen LogP contribution < -0.4 is 0 Å². The molecule has 10 aromatic rings. The molecule has 0 bridgehead atoms. The summed E-state index contributed by atoms with van der Waals surface area (Å²) in [7, 11) is 0. The average molecular weight is 607 g/mol. The predicted molar refractivity (Wildman–Crippen MR) is 208 cm³/mol. The first-order chi connectivity index (χ1) is 23.8. The molecular formula is C48H30. The Morgan fingerprint density at radius 3 is 1.31 bits per heavy atom. The summed E-state index contributed by atoms with van der Waals surface area (Å²) in [4.78, 5) is 0. The van der Waals surface area contributed by atoms with E-state index in [2.05, 4.69) is 182 Å². The molecule has 48 heavy (non-hydrogen) atoms. The summed E-state index contributed by atoms with van der Waals surface area (Å²) in [6, 6.07) is 67.3. The minimum absolute atomic E-state index is 1.23. The Kier molecular flexibility index (Phi) is 5.98. The number of fused-ring (bicyclic) bond motifs is 8. The van der Waals surface area contributed by atoms with Crippen molar-refractivity contribution < 1.29 is 0 Å². The maximum Gasteiger partial charge on any atom is -0.00923 e. The van der Waals surface area contributed by atoms with Crippen LogP contribution in [0.4, 0.5) is 0 Å². The van der Waals surface area contributed by atoms with E-state index >= 15 is 0 Å². The van der Waals surface area contributed by atoms with E-state index in [1.54, 1.807) is 0 Å². The first kappa shape index (κ1) is 26.9. The standard InChI is InChI=1S/C48H30/c1-3-13-34-26-36(22-20-31(34)10-1)44-29-48-43-25-24-38(40-19-9-15-33-12-5-6-16-39(33)40)28-46(43)45(30-47(48)42-18-8-7-17-41(42)44)37-23-21-32-11-2-4-14-35(32)27-37/h1-30H. The molecule has 0 aliphatic heterocycles. The molecule has 0 fully saturated rings. The third-order valence-corrected chi connectivity index (χ3v) is 10.2. The number of hydrogen-bond donors (Lipinski definition) is 0. The molecule has 0 aliphatic carbocycles. The maximum atomic E-state index is 2.45. The molecule has 0 saturated heterocycles. The second-order valence-electron chi connectivity index (χ2n) is 12.9. The Balaban J connectivity index is 1.31. The zero-order valence-corrected chi connectivity index (χ0v) is 26.3. The molecule has 10 rings (SSSR count). The summed E-state index contributed by atoms with van der Waals surface area (Å²) in [5.41, 5.74) is 7.49. The summed E-state index contributed by atoms with van der Waals surface area (Å²) < 4.78 is 0. The van der Waals surface area contributed by atoms with Gasteiger partial charge in [-0.15, -0.1) is 0 Å². The number of rotatable bonds is 3. The van der Waals surface area contributed by atoms with E-state index in [4.69, 9.17) is 0 Å². The van der Waals surface area contributed by atoms with Crippen LogP contribution in [0.25, 0.3) is 98.0 Å². The van der Waals surface area contributed by atoms with Gasteiger partial charge in [0.15, 0.2) is 0 Å². The topological polar surface area (TPSA) is 0 Å². The zero-order valence-electron chi connectivity index (χ0n) is 26.3. The molecule has 0 atom stereocenters. The van der Waals surface area contributed by atoms with Gasteiger partial charge in [-0.2, -0.15) is 0 Å². The van der Waals surface area contributed by atoms with Gasteiger partial charge in [-0.25, -0.2) is 0 Å². The fourth-order valence-electron chi connectivity index (χ4n) is 7.84. The molecular weight excluding hydrogens is 577 g/mol. The number of hydrogen-bond acceptors (Lipinski definition) is 0. The molecule has 0 heteroatoms. The zero-order chi connectivity index (χ0) is 31.6. The lowest BCUT2D eigenvalue weighted by Crippen LogP contribution is -1.90. The van der Waals surface area contributed by atoms with Crippen molar-refractivity contribution in [2.24, 2.45) is 0 Å². The molecule has 0 N–H and O–H groups in total. The Morgan fingerprint density at radius 1 is 0.188 bits per heavy atom. The van der Waals surface area contributed by atoms with Gasteiger partial charge in [0.1, 0.15) is 0 Å². The van der Waals surface area contributed by atoms with E-state index in [9.17, 15) is 0 Å². The molecule has 10 aromatic carbocycles. The van der Waals surface area contributed by atoms with Crippen LogP contribution >= 0.6 is 0 Å². The minimum atomic E-state index is 1.23. The van der Waals surface area contributed by atoms with E-state index in [0.717, 1.165) is 0 Å². The number of benzene rings is 10. The molecule has 0 amide bonds. The quantitative estimate of drug-likeness (QED) is 0.176. The van der Waals surface area contributed by atoms with Gasteiger partial charge in [0.05, 0.1) is 0 Å². The SMILES string of the molecule is c1ccc2cc(-c3cc4c5ccc(-c6cccc7ccccc67)cc5c(-c5ccc6ccccc6c5)cc4c4ccccc34)ccc2c1. The molecule has 0 aliphatic rings. The largest absolute Gasteiger partial charge is 0.0616 e. The van der Waals surface area contributed by atoms with Crippen molar-refractivity contribution >= 4 is 64.6 Å². The van der Waals surface area contributed by atoms with Gasteiger partial charge >= 0.3 is 0 Å². The lowest BCUT2D eigenvalue weighted by Gasteiger charge is -2.18. The third kappa shape index (κ3) is 4.24. The van der Waals surface area contributed by atoms with Crippen LogP contribution in [0.15, 0.2) is 182 Å². The molecule has 0 spiro atoms. The molecule has 0 radical (unpaired) electrons. The highest BCUT2D eigenvalue weighted by molar-refractivity contribution is 6.24. The van der Waals surface area contributed by atoms with Crippen LogP contribution in [-0.2, 0) is 0 Å². The van der Waals surface area contributed by atoms with Crippen LogP contribution in [0.3, 0.4) is 0 Å². The Hall–Kier alpha value is -6.24. The summed E-state index contributed by atoms with van der Waals surface area (Å²) in [5.74, 6) is 0. The Morgan fingerprint density at radius 2 is 0.646 bits per heavy atom. The summed E-state index contributed by atoms with van der Waals surface area (Å²) in [6.45, 7) is 0. The minimum Gasteiger partial charge on any atom is -0.0616 e. The fraction of sp³-hybridized carbons (Fsp3) is 0. The normalized spacial score (nSPS) is 11.8. The van der Waals surface area contributed by atoms with Crippen LogP contribution in [0.5, 0.6) is 0 Å². The molecule has 0 saturated carbocycles. The molecule has 222 valence electrons. The Bertz CT molecular complexity index is 2890. The van der Waals surface area contributed by atoms with Gasteiger partial charge in [0.25, 0.3) is 0 Å². The predicted octanol–water partition coefficient (Wildman–Crippen LogP) is 13.6. The van der Waals surface area contributed by atoms with Crippen molar-refractivity contribution in [1.29, 1.82) is 0 Å². The first-order valence-corrected chi connectivity index (χ1v) is 16.7. The summed E-state index contributed by atoms with van der Waals surface area (Å²) in [5, 5.41) is 15.2. The highest BCUT2D eigenvalue weighted by Gasteiger charge is 2.16. The maximum absolute atomic E-state index is 2.45. The van der Waals surface area contributed by atoms with Crippen LogP contribution in [0.1, 0.15) is 0 Å². The highest BCUT2D eigenvalue weighted by Crippen LogP contribution is 2.44. The van der Waals surface area contributed by atoms with Gasteiger partial charge in [0, 0.05) is 0 Å². The van der Waals surface area contributed by atoms with Gasteiger partial charge in [0.2, 0.25) is 0 Å². The van der Waals surface area contributed by atoms with E-state index in [-0.39, 0.29) is 0 Å². The molecule has 0 nitrogen and oxygen atoms in total. The van der Waals surface area contributed by atoms with E-state index in [1.165, 1.54) is 98.0 Å². The van der Waals surface area contributed by atoms with E-state index < -0.39 is 0 Å².